The molecular weight excluding hydrogens is 274 g/mol. The van der Waals surface area contributed by atoms with Gasteiger partial charge < -0.3 is 9.84 Å². The molecule has 0 saturated carbocycles. The third-order valence-corrected chi connectivity index (χ3v) is 2.99. The highest BCUT2D eigenvalue weighted by molar-refractivity contribution is 9.10. The van der Waals surface area contributed by atoms with Gasteiger partial charge >= 0.3 is 5.97 Å². The SMILES string of the molecule is O=C(O)CC1=NCC(c2ccccc2Br)O1. The third-order valence-electron chi connectivity index (χ3n) is 2.27. The maximum Gasteiger partial charge on any atom is 0.312 e. The summed E-state index contributed by atoms with van der Waals surface area (Å²) < 4.78 is 6.43. The van der Waals surface area contributed by atoms with Crippen LogP contribution in [-0.2, 0) is 9.53 Å². The Morgan fingerprint density at radius 1 is 1.56 bits per heavy atom. The maximum atomic E-state index is 10.5. The molecule has 0 spiro atoms. The van der Waals surface area contributed by atoms with Crippen LogP contribution in [0.2, 0.25) is 0 Å². The Kier molecular flexibility index (Phi) is 3.24. The molecule has 84 valence electrons. The fraction of sp³-hybridized carbons (Fsp3) is 0.273. The Balaban J connectivity index is 2.06. The van der Waals surface area contributed by atoms with Crippen LogP contribution in [0.1, 0.15) is 18.1 Å². The fourth-order valence-corrected chi connectivity index (χ4v) is 2.09. The monoisotopic (exact) mass is 283 g/mol. The second kappa shape index (κ2) is 4.65. The minimum atomic E-state index is -0.925. The van der Waals surface area contributed by atoms with Crippen molar-refractivity contribution >= 4 is 27.8 Å². The molecular formula is C11H10BrNO3. The van der Waals surface area contributed by atoms with E-state index in [1.807, 2.05) is 24.3 Å². The molecule has 16 heavy (non-hydrogen) atoms. The Morgan fingerprint density at radius 3 is 3.00 bits per heavy atom. The van der Waals surface area contributed by atoms with Gasteiger partial charge in [-0.25, -0.2) is 0 Å². The van der Waals surface area contributed by atoms with Crippen molar-refractivity contribution < 1.29 is 14.6 Å². The first-order chi connectivity index (χ1) is 7.66. The van der Waals surface area contributed by atoms with E-state index in [9.17, 15) is 4.79 Å². The molecule has 1 heterocycles. The third kappa shape index (κ3) is 2.41. The van der Waals surface area contributed by atoms with E-state index in [0.717, 1.165) is 10.0 Å². The Bertz CT molecular complexity index is 445. The molecule has 1 unspecified atom stereocenters. The van der Waals surface area contributed by atoms with Crippen molar-refractivity contribution in [2.75, 3.05) is 6.54 Å². The van der Waals surface area contributed by atoms with Crippen molar-refractivity contribution in [2.45, 2.75) is 12.5 Å². The van der Waals surface area contributed by atoms with Gasteiger partial charge in [0.05, 0.1) is 6.54 Å². The molecule has 0 saturated heterocycles. The smallest absolute Gasteiger partial charge is 0.312 e. The van der Waals surface area contributed by atoms with Crippen LogP contribution in [0.4, 0.5) is 0 Å². The number of hydrogen-bond acceptors (Lipinski definition) is 3. The number of rotatable bonds is 3. The quantitative estimate of drug-likeness (QED) is 0.927. The summed E-state index contributed by atoms with van der Waals surface area (Å²) in [6.45, 7) is 0.477. The van der Waals surface area contributed by atoms with E-state index in [0.29, 0.717) is 12.4 Å². The second-order valence-corrected chi connectivity index (χ2v) is 4.29. The number of nitrogens with zero attached hydrogens (tertiary/aromatic N) is 1. The van der Waals surface area contributed by atoms with Crippen molar-refractivity contribution in [1.82, 2.24) is 0 Å². The molecule has 1 atom stereocenters. The molecule has 0 amide bonds. The standard InChI is InChI=1S/C11H10BrNO3/c12-8-4-2-1-3-7(8)9-6-13-10(16-9)5-11(14)15/h1-4,9H,5-6H2,(H,14,15). The summed E-state index contributed by atoms with van der Waals surface area (Å²) in [5, 5.41) is 8.62. The number of hydrogen-bond donors (Lipinski definition) is 1. The van der Waals surface area contributed by atoms with E-state index in [1.165, 1.54) is 0 Å². The molecule has 2 rings (SSSR count). The number of halogens is 1. The number of ether oxygens (including phenoxy) is 1. The van der Waals surface area contributed by atoms with E-state index in [4.69, 9.17) is 9.84 Å². The number of carbonyl (C=O) groups is 1. The van der Waals surface area contributed by atoms with Crippen LogP contribution in [0.25, 0.3) is 0 Å². The van der Waals surface area contributed by atoms with E-state index in [2.05, 4.69) is 20.9 Å². The lowest BCUT2D eigenvalue weighted by Crippen LogP contribution is -2.09. The van der Waals surface area contributed by atoms with Crippen molar-refractivity contribution in [3.8, 4) is 0 Å². The first kappa shape index (κ1) is 11.1. The van der Waals surface area contributed by atoms with Crippen LogP contribution in [0.15, 0.2) is 33.7 Å². The summed E-state index contributed by atoms with van der Waals surface area (Å²) in [6.07, 6.45) is -0.328. The molecule has 1 aliphatic heterocycles. The zero-order valence-corrected chi connectivity index (χ0v) is 9.98. The lowest BCUT2D eigenvalue weighted by molar-refractivity contribution is -0.135. The number of carboxylic acid groups (broad SMARTS) is 1. The summed E-state index contributed by atoms with van der Waals surface area (Å²) in [5.74, 6) is -0.625. The van der Waals surface area contributed by atoms with Crippen molar-refractivity contribution in [1.29, 1.82) is 0 Å². The maximum absolute atomic E-state index is 10.5. The molecule has 0 bridgehead atoms. The highest BCUT2D eigenvalue weighted by Gasteiger charge is 2.24. The van der Waals surface area contributed by atoms with Gasteiger partial charge in [-0.05, 0) is 6.07 Å². The minimum absolute atomic E-state index is 0.152. The van der Waals surface area contributed by atoms with Crippen LogP contribution >= 0.6 is 15.9 Å². The summed E-state index contributed by atoms with van der Waals surface area (Å²) in [5.41, 5.74) is 0.992. The number of aliphatic imine (C=N–C) groups is 1. The van der Waals surface area contributed by atoms with Crippen LogP contribution in [0.3, 0.4) is 0 Å². The Hall–Kier alpha value is -1.36. The molecule has 0 fully saturated rings. The predicted octanol–water partition coefficient (Wildman–Crippen LogP) is 2.39. The van der Waals surface area contributed by atoms with Gasteiger partial charge in [0.15, 0.2) is 5.90 Å². The first-order valence-electron chi connectivity index (χ1n) is 4.83. The zero-order chi connectivity index (χ0) is 11.5. The molecule has 0 aromatic heterocycles. The lowest BCUT2D eigenvalue weighted by atomic mass is 10.1. The van der Waals surface area contributed by atoms with Crippen molar-refractivity contribution in [3.63, 3.8) is 0 Å². The highest BCUT2D eigenvalue weighted by Crippen LogP contribution is 2.29. The minimum Gasteiger partial charge on any atom is -0.481 e. The topological polar surface area (TPSA) is 58.9 Å². The van der Waals surface area contributed by atoms with Crippen molar-refractivity contribution in [2.24, 2.45) is 4.99 Å². The highest BCUT2D eigenvalue weighted by atomic mass is 79.9. The number of carboxylic acids is 1. The molecule has 0 radical (unpaired) electrons. The molecule has 0 aliphatic carbocycles. The Morgan fingerprint density at radius 2 is 2.31 bits per heavy atom. The van der Waals surface area contributed by atoms with E-state index < -0.39 is 5.97 Å². The van der Waals surface area contributed by atoms with Gasteiger partial charge in [0.1, 0.15) is 12.5 Å². The second-order valence-electron chi connectivity index (χ2n) is 3.43. The zero-order valence-electron chi connectivity index (χ0n) is 8.39. The largest absolute Gasteiger partial charge is 0.481 e. The van der Waals surface area contributed by atoms with Crippen LogP contribution < -0.4 is 0 Å². The van der Waals surface area contributed by atoms with Gasteiger partial charge in [-0.3, -0.25) is 9.79 Å². The summed E-state index contributed by atoms with van der Waals surface area (Å²) in [4.78, 5) is 14.6. The molecule has 4 nitrogen and oxygen atoms in total. The molecule has 1 aromatic carbocycles. The molecule has 1 aromatic rings. The molecule has 5 heteroatoms. The van der Waals surface area contributed by atoms with Gasteiger partial charge in [-0.1, -0.05) is 34.1 Å². The predicted molar refractivity (Wildman–Crippen MR) is 62.5 cm³/mol. The van der Waals surface area contributed by atoms with E-state index in [-0.39, 0.29) is 12.5 Å². The van der Waals surface area contributed by atoms with Crippen LogP contribution in [0, 0.1) is 0 Å². The Labute approximate surface area is 101 Å². The van der Waals surface area contributed by atoms with E-state index in [1.54, 1.807) is 0 Å². The average Bonchev–Trinajstić information content (AvgIpc) is 2.66. The first-order valence-corrected chi connectivity index (χ1v) is 5.62. The molecule has 1 aliphatic rings. The van der Waals surface area contributed by atoms with E-state index >= 15 is 0 Å². The van der Waals surface area contributed by atoms with Gasteiger partial charge in [-0.15, -0.1) is 0 Å². The summed E-state index contributed by atoms with van der Waals surface area (Å²) in [6, 6.07) is 7.70. The summed E-state index contributed by atoms with van der Waals surface area (Å²) >= 11 is 3.43. The number of aliphatic carboxylic acids is 1. The van der Waals surface area contributed by atoms with Crippen LogP contribution in [0.5, 0.6) is 0 Å². The molecule has 1 N–H and O–H groups in total. The number of benzene rings is 1. The fourth-order valence-electron chi connectivity index (χ4n) is 1.55. The van der Waals surface area contributed by atoms with Crippen LogP contribution in [-0.4, -0.2) is 23.5 Å². The van der Waals surface area contributed by atoms with Gasteiger partial charge in [0.2, 0.25) is 0 Å². The average molecular weight is 284 g/mol. The van der Waals surface area contributed by atoms with Gasteiger partial charge in [0.25, 0.3) is 0 Å². The van der Waals surface area contributed by atoms with Gasteiger partial charge in [-0.2, -0.15) is 0 Å². The normalized spacial score (nSPS) is 19.1. The van der Waals surface area contributed by atoms with Crippen molar-refractivity contribution in [3.05, 3.63) is 34.3 Å². The summed E-state index contributed by atoms with van der Waals surface area (Å²) in [7, 11) is 0. The lowest BCUT2D eigenvalue weighted by Gasteiger charge is -2.12. The van der Waals surface area contributed by atoms with Gasteiger partial charge in [0, 0.05) is 10.0 Å².